The maximum absolute atomic E-state index is 12.8. The molecule has 0 bridgehead atoms. The van der Waals surface area contributed by atoms with E-state index in [1.165, 1.54) is 6.08 Å². The predicted octanol–water partition coefficient (Wildman–Crippen LogP) is 2.45. The van der Waals surface area contributed by atoms with Gasteiger partial charge in [-0.2, -0.15) is 4.39 Å². The summed E-state index contributed by atoms with van der Waals surface area (Å²) < 4.78 is 17.3. The average Bonchev–Trinajstić information content (AvgIpc) is 2.04. The molecule has 0 radical (unpaired) electrons. The highest BCUT2D eigenvalue weighted by molar-refractivity contribution is 5.85. The van der Waals surface area contributed by atoms with Gasteiger partial charge in [0.1, 0.15) is 0 Å². The first-order valence-corrected chi connectivity index (χ1v) is 4.16. The Hall–Kier alpha value is -0.860. The van der Waals surface area contributed by atoms with Crippen molar-refractivity contribution in [2.24, 2.45) is 5.92 Å². The lowest BCUT2D eigenvalue weighted by Crippen LogP contribution is -2.05. The van der Waals surface area contributed by atoms with Gasteiger partial charge in [-0.3, -0.25) is 0 Å². The smallest absolute Gasteiger partial charge is 0.366 e. The molecule has 0 fully saturated rings. The van der Waals surface area contributed by atoms with E-state index in [4.69, 9.17) is 0 Å². The number of hydrogen-bond donors (Lipinski definition) is 0. The molecule has 12 heavy (non-hydrogen) atoms. The standard InChI is InChI=1S/C9H15FO2/c1-4-7(3)6-8(10)9(11)12-5-2/h6-7H,4-5H2,1-3H3/b8-6-. The topological polar surface area (TPSA) is 26.3 Å². The second-order valence-electron chi connectivity index (χ2n) is 2.62. The lowest BCUT2D eigenvalue weighted by Gasteiger charge is -2.02. The van der Waals surface area contributed by atoms with E-state index in [0.717, 1.165) is 6.42 Å². The summed E-state index contributed by atoms with van der Waals surface area (Å²) in [7, 11) is 0. The normalized spacial score (nSPS) is 14.2. The van der Waals surface area contributed by atoms with Gasteiger partial charge >= 0.3 is 5.97 Å². The van der Waals surface area contributed by atoms with Gasteiger partial charge in [0, 0.05) is 0 Å². The van der Waals surface area contributed by atoms with Crippen LogP contribution in [0.2, 0.25) is 0 Å². The van der Waals surface area contributed by atoms with Gasteiger partial charge in [0.25, 0.3) is 0 Å². The number of carbonyl (C=O) groups is 1. The molecule has 0 saturated heterocycles. The SMILES string of the molecule is CCOC(=O)/C(F)=C/C(C)CC. The van der Waals surface area contributed by atoms with Crippen molar-refractivity contribution in [1.82, 2.24) is 0 Å². The van der Waals surface area contributed by atoms with Gasteiger partial charge in [-0.25, -0.2) is 4.79 Å². The quantitative estimate of drug-likeness (QED) is 0.483. The largest absolute Gasteiger partial charge is 0.461 e. The Morgan fingerprint density at radius 1 is 1.58 bits per heavy atom. The Labute approximate surface area is 72.4 Å². The van der Waals surface area contributed by atoms with Crippen LogP contribution in [0, 0.1) is 5.92 Å². The van der Waals surface area contributed by atoms with Crippen LogP contribution in [0.4, 0.5) is 4.39 Å². The first-order chi connectivity index (χ1) is 5.61. The Bertz CT molecular complexity index is 175. The molecular formula is C9H15FO2. The molecule has 0 aromatic heterocycles. The van der Waals surface area contributed by atoms with E-state index in [1.807, 2.05) is 13.8 Å². The average molecular weight is 174 g/mol. The molecule has 0 heterocycles. The lowest BCUT2D eigenvalue weighted by atomic mass is 10.1. The van der Waals surface area contributed by atoms with E-state index < -0.39 is 11.8 Å². The third-order valence-corrected chi connectivity index (χ3v) is 1.55. The Kier molecular flexibility index (Phi) is 5.34. The minimum atomic E-state index is -0.863. The fraction of sp³-hybridized carbons (Fsp3) is 0.667. The number of rotatable bonds is 4. The van der Waals surface area contributed by atoms with Crippen molar-refractivity contribution in [2.75, 3.05) is 6.61 Å². The summed E-state index contributed by atoms with van der Waals surface area (Å²) in [5.74, 6) is -1.57. The highest BCUT2D eigenvalue weighted by Crippen LogP contribution is 2.09. The summed E-state index contributed by atoms with van der Waals surface area (Å²) in [5.41, 5.74) is 0. The van der Waals surface area contributed by atoms with Gasteiger partial charge in [0.05, 0.1) is 6.61 Å². The molecule has 0 N–H and O–H groups in total. The summed E-state index contributed by atoms with van der Waals surface area (Å²) >= 11 is 0. The van der Waals surface area contributed by atoms with Crippen LogP contribution < -0.4 is 0 Å². The van der Waals surface area contributed by atoms with Crippen molar-refractivity contribution in [3.63, 3.8) is 0 Å². The zero-order valence-corrected chi connectivity index (χ0v) is 7.76. The van der Waals surface area contributed by atoms with Crippen molar-refractivity contribution in [3.05, 3.63) is 11.9 Å². The highest BCUT2D eigenvalue weighted by atomic mass is 19.1. The Morgan fingerprint density at radius 2 is 2.17 bits per heavy atom. The highest BCUT2D eigenvalue weighted by Gasteiger charge is 2.09. The Morgan fingerprint density at radius 3 is 2.58 bits per heavy atom. The van der Waals surface area contributed by atoms with E-state index in [0.29, 0.717) is 0 Å². The van der Waals surface area contributed by atoms with Crippen LogP contribution >= 0.6 is 0 Å². The third-order valence-electron chi connectivity index (χ3n) is 1.55. The number of halogens is 1. The van der Waals surface area contributed by atoms with Crippen LogP contribution in [0.15, 0.2) is 11.9 Å². The van der Waals surface area contributed by atoms with Gasteiger partial charge in [-0.15, -0.1) is 0 Å². The number of ether oxygens (including phenoxy) is 1. The van der Waals surface area contributed by atoms with Crippen LogP contribution in [-0.2, 0) is 9.53 Å². The van der Waals surface area contributed by atoms with E-state index >= 15 is 0 Å². The van der Waals surface area contributed by atoms with Gasteiger partial charge < -0.3 is 4.74 Å². The fourth-order valence-corrected chi connectivity index (χ4v) is 0.636. The number of carbonyl (C=O) groups excluding carboxylic acids is 1. The van der Waals surface area contributed by atoms with Crippen LogP contribution in [0.3, 0.4) is 0 Å². The summed E-state index contributed by atoms with van der Waals surface area (Å²) in [5, 5.41) is 0. The molecule has 0 spiro atoms. The number of allylic oxidation sites excluding steroid dienone is 1. The molecule has 70 valence electrons. The zero-order chi connectivity index (χ0) is 9.56. The minimum Gasteiger partial charge on any atom is -0.461 e. The zero-order valence-electron chi connectivity index (χ0n) is 7.76. The maximum atomic E-state index is 12.8. The van der Waals surface area contributed by atoms with Gasteiger partial charge in [-0.1, -0.05) is 13.8 Å². The molecule has 0 aliphatic rings. The molecule has 2 nitrogen and oxygen atoms in total. The molecule has 0 aromatic carbocycles. The number of esters is 1. The maximum Gasteiger partial charge on any atom is 0.366 e. The summed E-state index contributed by atoms with van der Waals surface area (Å²) in [6.07, 6.45) is 2.10. The minimum absolute atomic E-state index is 0.0782. The van der Waals surface area contributed by atoms with E-state index in [9.17, 15) is 9.18 Å². The molecule has 3 heteroatoms. The summed E-state index contributed by atoms with van der Waals surface area (Å²) in [6, 6.07) is 0. The van der Waals surface area contributed by atoms with Crippen LogP contribution in [-0.4, -0.2) is 12.6 Å². The molecule has 1 unspecified atom stereocenters. The molecule has 0 aromatic rings. The molecule has 0 saturated carbocycles. The van der Waals surface area contributed by atoms with Crippen molar-refractivity contribution in [2.45, 2.75) is 27.2 Å². The van der Waals surface area contributed by atoms with E-state index in [1.54, 1.807) is 6.92 Å². The van der Waals surface area contributed by atoms with Crippen molar-refractivity contribution in [1.29, 1.82) is 0 Å². The summed E-state index contributed by atoms with van der Waals surface area (Å²) in [4.78, 5) is 10.7. The van der Waals surface area contributed by atoms with Crippen LogP contribution in [0.5, 0.6) is 0 Å². The van der Waals surface area contributed by atoms with Crippen molar-refractivity contribution >= 4 is 5.97 Å². The van der Waals surface area contributed by atoms with Gasteiger partial charge in [-0.05, 0) is 25.3 Å². The first-order valence-electron chi connectivity index (χ1n) is 4.16. The van der Waals surface area contributed by atoms with E-state index in [2.05, 4.69) is 4.74 Å². The lowest BCUT2D eigenvalue weighted by molar-refractivity contribution is -0.140. The molecular weight excluding hydrogens is 159 g/mol. The second kappa shape index (κ2) is 5.75. The third kappa shape index (κ3) is 4.11. The Balaban J connectivity index is 4.07. The fourth-order valence-electron chi connectivity index (χ4n) is 0.636. The van der Waals surface area contributed by atoms with Crippen LogP contribution in [0.25, 0.3) is 0 Å². The first kappa shape index (κ1) is 11.1. The van der Waals surface area contributed by atoms with Gasteiger partial charge in [0.2, 0.25) is 5.83 Å². The predicted molar refractivity (Wildman–Crippen MR) is 45.3 cm³/mol. The molecule has 0 aliphatic heterocycles. The van der Waals surface area contributed by atoms with Gasteiger partial charge in [0.15, 0.2) is 0 Å². The van der Waals surface area contributed by atoms with Crippen molar-refractivity contribution in [3.8, 4) is 0 Å². The van der Waals surface area contributed by atoms with E-state index in [-0.39, 0.29) is 12.5 Å². The second-order valence-corrected chi connectivity index (χ2v) is 2.62. The summed E-state index contributed by atoms with van der Waals surface area (Å²) in [6.45, 7) is 5.63. The molecule has 0 aliphatic carbocycles. The van der Waals surface area contributed by atoms with Crippen molar-refractivity contribution < 1.29 is 13.9 Å². The molecule has 1 atom stereocenters. The monoisotopic (exact) mass is 174 g/mol. The molecule has 0 amide bonds. The molecule has 0 rings (SSSR count). The van der Waals surface area contributed by atoms with Crippen LogP contribution in [0.1, 0.15) is 27.2 Å². The number of hydrogen-bond acceptors (Lipinski definition) is 2.